The second-order valence-electron chi connectivity index (χ2n) is 4.99. The fourth-order valence-corrected chi connectivity index (χ4v) is 2.58. The Balaban J connectivity index is 1.75. The van der Waals surface area contributed by atoms with Crippen molar-refractivity contribution in [3.05, 3.63) is 30.4 Å². The van der Waals surface area contributed by atoms with Gasteiger partial charge in [-0.05, 0) is 44.8 Å². The molecule has 5 heteroatoms. The van der Waals surface area contributed by atoms with Crippen molar-refractivity contribution in [2.24, 2.45) is 5.92 Å². The Morgan fingerprint density at radius 1 is 1.37 bits per heavy atom. The highest BCUT2D eigenvalue weighted by atomic mass is 15.3. The molecule has 1 aliphatic heterocycles. The highest BCUT2D eigenvalue weighted by Crippen LogP contribution is 2.17. The number of hydrogen-bond acceptors (Lipinski definition) is 4. The van der Waals surface area contributed by atoms with E-state index in [9.17, 15) is 0 Å². The largest absolute Gasteiger partial charge is 0.316 e. The first-order chi connectivity index (χ1) is 9.36. The van der Waals surface area contributed by atoms with Crippen LogP contribution in [0.25, 0.3) is 11.4 Å². The minimum Gasteiger partial charge on any atom is -0.316 e. The highest BCUT2D eigenvalue weighted by Gasteiger charge is 2.15. The molecule has 100 valence electrons. The molecule has 2 aromatic rings. The molecule has 1 aliphatic rings. The average Bonchev–Trinajstić information content (AvgIpc) is 3.10. The van der Waals surface area contributed by atoms with E-state index in [1.807, 2.05) is 23.1 Å². The summed E-state index contributed by atoms with van der Waals surface area (Å²) in [5.74, 6) is 0.710. The van der Waals surface area contributed by atoms with Crippen LogP contribution in [-0.4, -0.2) is 32.8 Å². The lowest BCUT2D eigenvalue weighted by atomic mass is 10.0. The SMILES string of the molecule is CCn1nccc1-c1cnc(C[C@H]2CCNC2)cn1. The van der Waals surface area contributed by atoms with Gasteiger partial charge in [0.25, 0.3) is 0 Å². The molecule has 0 saturated carbocycles. The Morgan fingerprint density at radius 3 is 3.00 bits per heavy atom. The third-order valence-corrected chi connectivity index (χ3v) is 3.64. The van der Waals surface area contributed by atoms with Crippen molar-refractivity contribution < 1.29 is 0 Å². The summed E-state index contributed by atoms with van der Waals surface area (Å²) < 4.78 is 1.94. The van der Waals surface area contributed by atoms with E-state index in [1.165, 1.54) is 6.42 Å². The summed E-state index contributed by atoms with van der Waals surface area (Å²) in [4.78, 5) is 9.07. The van der Waals surface area contributed by atoms with Gasteiger partial charge in [0.05, 0.1) is 17.6 Å². The Labute approximate surface area is 113 Å². The van der Waals surface area contributed by atoms with Gasteiger partial charge < -0.3 is 5.32 Å². The van der Waals surface area contributed by atoms with E-state index in [0.717, 1.165) is 43.1 Å². The monoisotopic (exact) mass is 257 g/mol. The van der Waals surface area contributed by atoms with Crippen LogP contribution in [0.15, 0.2) is 24.7 Å². The smallest absolute Gasteiger partial charge is 0.107 e. The molecule has 3 heterocycles. The first-order valence-corrected chi connectivity index (χ1v) is 6.90. The van der Waals surface area contributed by atoms with Crippen LogP contribution in [0.1, 0.15) is 19.0 Å². The van der Waals surface area contributed by atoms with Crippen LogP contribution < -0.4 is 5.32 Å². The van der Waals surface area contributed by atoms with E-state index in [0.29, 0.717) is 5.92 Å². The third kappa shape index (κ3) is 2.66. The summed E-state index contributed by atoms with van der Waals surface area (Å²) in [5, 5.41) is 7.64. The standard InChI is InChI=1S/C14H19N5/c1-2-19-14(4-6-18-19)13-10-16-12(9-17-13)7-11-3-5-15-8-11/h4,6,9-11,15H,2-3,5,7-8H2,1H3/t11-/m1/s1. The lowest BCUT2D eigenvalue weighted by Gasteiger charge is -2.08. The van der Waals surface area contributed by atoms with Crippen molar-refractivity contribution >= 4 is 0 Å². The molecule has 5 nitrogen and oxygen atoms in total. The summed E-state index contributed by atoms with van der Waals surface area (Å²) in [6.45, 7) is 5.16. The molecule has 0 radical (unpaired) electrons. The summed E-state index contributed by atoms with van der Waals surface area (Å²) in [6, 6.07) is 1.98. The van der Waals surface area contributed by atoms with Crippen molar-refractivity contribution in [3.63, 3.8) is 0 Å². The number of rotatable bonds is 4. The van der Waals surface area contributed by atoms with Crippen LogP contribution in [0.3, 0.4) is 0 Å². The van der Waals surface area contributed by atoms with E-state index in [-0.39, 0.29) is 0 Å². The van der Waals surface area contributed by atoms with Crippen LogP contribution in [0, 0.1) is 5.92 Å². The van der Waals surface area contributed by atoms with Crippen LogP contribution in [0.4, 0.5) is 0 Å². The van der Waals surface area contributed by atoms with Gasteiger partial charge in [-0.3, -0.25) is 14.6 Å². The number of hydrogen-bond donors (Lipinski definition) is 1. The highest BCUT2D eigenvalue weighted by molar-refractivity contribution is 5.52. The van der Waals surface area contributed by atoms with Crippen molar-refractivity contribution in [1.29, 1.82) is 0 Å². The second-order valence-corrected chi connectivity index (χ2v) is 4.99. The molecule has 0 aliphatic carbocycles. The molecule has 0 bridgehead atoms. The van der Waals surface area contributed by atoms with Crippen LogP contribution in [0.5, 0.6) is 0 Å². The van der Waals surface area contributed by atoms with Crippen molar-refractivity contribution in [3.8, 4) is 11.4 Å². The van der Waals surface area contributed by atoms with Crippen LogP contribution >= 0.6 is 0 Å². The van der Waals surface area contributed by atoms with Gasteiger partial charge in [-0.1, -0.05) is 0 Å². The molecule has 0 unspecified atom stereocenters. The molecule has 0 aromatic carbocycles. The van der Waals surface area contributed by atoms with Gasteiger partial charge in [0.1, 0.15) is 5.69 Å². The van der Waals surface area contributed by atoms with Crippen LogP contribution in [0.2, 0.25) is 0 Å². The third-order valence-electron chi connectivity index (χ3n) is 3.64. The van der Waals surface area contributed by atoms with Gasteiger partial charge in [0.2, 0.25) is 0 Å². The van der Waals surface area contributed by atoms with E-state index in [1.54, 1.807) is 6.20 Å². The summed E-state index contributed by atoms with van der Waals surface area (Å²) >= 11 is 0. The Bertz CT molecular complexity index is 525. The molecular weight excluding hydrogens is 238 g/mol. The second kappa shape index (κ2) is 5.48. The predicted molar refractivity (Wildman–Crippen MR) is 73.6 cm³/mol. The first-order valence-electron chi connectivity index (χ1n) is 6.90. The van der Waals surface area contributed by atoms with Crippen molar-refractivity contribution in [2.75, 3.05) is 13.1 Å². The number of nitrogens with one attached hydrogen (secondary N) is 1. The Hall–Kier alpha value is -1.75. The molecular formula is C14H19N5. The molecule has 1 N–H and O–H groups in total. The van der Waals surface area contributed by atoms with E-state index in [4.69, 9.17) is 0 Å². The van der Waals surface area contributed by atoms with E-state index >= 15 is 0 Å². The van der Waals surface area contributed by atoms with Gasteiger partial charge >= 0.3 is 0 Å². The number of aromatic nitrogens is 4. The lowest BCUT2D eigenvalue weighted by Crippen LogP contribution is -2.11. The molecule has 3 rings (SSSR count). The lowest BCUT2D eigenvalue weighted by molar-refractivity contribution is 0.570. The van der Waals surface area contributed by atoms with E-state index < -0.39 is 0 Å². The van der Waals surface area contributed by atoms with Gasteiger partial charge in [-0.25, -0.2) is 0 Å². The van der Waals surface area contributed by atoms with Crippen molar-refractivity contribution in [1.82, 2.24) is 25.1 Å². The number of aryl methyl sites for hydroxylation is 1. The van der Waals surface area contributed by atoms with E-state index in [2.05, 4.69) is 27.3 Å². The minimum atomic E-state index is 0.710. The van der Waals surface area contributed by atoms with Gasteiger partial charge in [-0.2, -0.15) is 5.10 Å². The van der Waals surface area contributed by atoms with Gasteiger partial charge in [-0.15, -0.1) is 0 Å². The predicted octanol–water partition coefficient (Wildman–Crippen LogP) is 1.51. The zero-order chi connectivity index (χ0) is 13.1. The topological polar surface area (TPSA) is 55.6 Å². The fraction of sp³-hybridized carbons (Fsp3) is 0.500. The molecule has 0 spiro atoms. The molecule has 1 fully saturated rings. The van der Waals surface area contributed by atoms with Crippen molar-refractivity contribution in [2.45, 2.75) is 26.3 Å². The molecule has 0 amide bonds. The zero-order valence-corrected chi connectivity index (χ0v) is 11.2. The maximum Gasteiger partial charge on any atom is 0.107 e. The summed E-state index contributed by atoms with van der Waals surface area (Å²) in [7, 11) is 0. The fourth-order valence-electron chi connectivity index (χ4n) is 2.58. The molecule has 1 atom stereocenters. The minimum absolute atomic E-state index is 0.710. The summed E-state index contributed by atoms with van der Waals surface area (Å²) in [5.41, 5.74) is 3.01. The summed E-state index contributed by atoms with van der Waals surface area (Å²) in [6.07, 6.45) is 7.83. The maximum absolute atomic E-state index is 4.54. The van der Waals surface area contributed by atoms with Gasteiger partial charge in [0, 0.05) is 18.9 Å². The normalized spacial score (nSPS) is 18.9. The average molecular weight is 257 g/mol. The van der Waals surface area contributed by atoms with Gasteiger partial charge in [0.15, 0.2) is 0 Å². The quantitative estimate of drug-likeness (QED) is 0.902. The first kappa shape index (κ1) is 12.3. The zero-order valence-electron chi connectivity index (χ0n) is 11.2. The molecule has 19 heavy (non-hydrogen) atoms. The Kier molecular flexibility index (Phi) is 3.55. The Morgan fingerprint density at radius 2 is 2.32 bits per heavy atom. The molecule has 2 aromatic heterocycles. The molecule has 1 saturated heterocycles. The van der Waals surface area contributed by atoms with Crippen LogP contribution in [-0.2, 0) is 13.0 Å². The number of nitrogens with zero attached hydrogens (tertiary/aromatic N) is 4. The maximum atomic E-state index is 4.54.